The number of hydrogen-bond acceptors (Lipinski definition) is 6. The van der Waals surface area contributed by atoms with Gasteiger partial charge in [-0.2, -0.15) is 0 Å². The molecule has 0 bridgehead atoms. The lowest BCUT2D eigenvalue weighted by Crippen LogP contribution is -2.34. The van der Waals surface area contributed by atoms with Crippen LogP contribution >= 0.6 is 11.8 Å². The molecular formula is C16H17NO5S. The number of rotatable bonds is 5. The molecule has 0 aromatic heterocycles. The predicted molar refractivity (Wildman–Crippen MR) is 87.0 cm³/mol. The van der Waals surface area contributed by atoms with Gasteiger partial charge in [-0.3, -0.25) is 19.3 Å². The van der Waals surface area contributed by atoms with Crippen LogP contribution in [0.3, 0.4) is 0 Å². The zero-order chi connectivity index (χ0) is 17.0. The second kappa shape index (κ2) is 7.32. The van der Waals surface area contributed by atoms with E-state index in [1.54, 1.807) is 32.2 Å². The summed E-state index contributed by atoms with van der Waals surface area (Å²) in [6.07, 6.45) is 1.63. The van der Waals surface area contributed by atoms with E-state index < -0.39 is 17.1 Å². The number of ether oxygens (including phenoxy) is 2. The minimum atomic E-state index is -0.601. The van der Waals surface area contributed by atoms with Gasteiger partial charge in [0.15, 0.2) is 0 Å². The SMILES string of the molecule is CCOC(=O)CN1C(=O)SC(=Cc2ccc(OC)c(C)c2)C1=O. The fourth-order valence-corrected chi connectivity index (χ4v) is 2.95. The fourth-order valence-electron chi connectivity index (χ4n) is 2.11. The van der Waals surface area contributed by atoms with Crippen molar-refractivity contribution in [1.82, 2.24) is 4.90 Å². The summed E-state index contributed by atoms with van der Waals surface area (Å²) in [4.78, 5) is 36.8. The summed E-state index contributed by atoms with van der Waals surface area (Å²) >= 11 is 0.812. The number of amides is 2. The van der Waals surface area contributed by atoms with Gasteiger partial charge in [0.2, 0.25) is 0 Å². The normalized spacial score (nSPS) is 16.1. The Morgan fingerprint density at radius 1 is 1.35 bits per heavy atom. The van der Waals surface area contributed by atoms with Crippen LogP contribution in [0.25, 0.3) is 6.08 Å². The summed E-state index contributed by atoms with van der Waals surface area (Å²) < 4.78 is 9.95. The van der Waals surface area contributed by atoms with Crippen molar-refractivity contribution in [3.8, 4) is 5.75 Å². The number of imide groups is 1. The van der Waals surface area contributed by atoms with E-state index in [1.165, 1.54) is 0 Å². The van der Waals surface area contributed by atoms with Crippen molar-refractivity contribution in [2.45, 2.75) is 13.8 Å². The number of benzene rings is 1. The molecule has 122 valence electrons. The Kier molecular flexibility index (Phi) is 5.44. The molecule has 0 atom stereocenters. The quantitative estimate of drug-likeness (QED) is 0.608. The van der Waals surface area contributed by atoms with Gasteiger partial charge in [-0.25, -0.2) is 0 Å². The first-order valence-corrected chi connectivity index (χ1v) is 7.83. The minimum Gasteiger partial charge on any atom is -0.496 e. The number of esters is 1. The van der Waals surface area contributed by atoms with E-state index in [-0.39, 0.29) is 18.1 Å². The number of nitrogens with zero attached hydrogens (tertiary/aromatic N) is 1. The first kappa shape index (κ1) is 17.1. The van der Waals surface area contributed by atoms with E-state index in [0.29, 0.717) is 0 Å². The van der Waals surface area contributed by atoms with Crippen LogP contribution in [0.1, 0.15) is 18.1 Å². The molecule has 23 heavy (non-hydrogen) atoms. The van der Waals surface area contributed by atoms with Crippen LogP contribution in [0.4, 0.5) is 4.79 Å². The topological polar surface area (TPSA) is 72.9 Å². The van der Waals surface area contributed by atoms with Crippen molar-refractivity contribution < 1.29 is 23.9 Å². The summed E-state index contributed by atoms with van der Waals surface area (Å²) in [6.45, 7) is 3.40. The predicted octanol–water partition coefficient (Wildman–Crippen LogP) is 2.60. The molecule has 1 aliphatic rings. The smallest absolute Gasteiger partial charge is 0.326 e. The van der Waals surface area contributed by atoms with Crippen LogP contribution in [0.5, 0.6) is 5.75 Å². The van der Waals surface area contributed by atoms with Crippen LogP contribution in [-0.4, -0.2) is 42.3 Å². The second-order valence-electron chi connectivity index (χ2n) is 4.80. The molecule has 0 N–H and O–H groups in total. The van der Waals surface area contributed by atoms with Crippen LogP contribution < -0.4 is 4.74 Å². The number of carbonyl (C=O) groups excluding carboxylic acids is 3. The van der Waals surface area contributed by atoms with Gasteiger partial charge in [0.05, 0.1) is 18.6 Å². The lowest BCUT2D eigenvalue weighted by atomic mass is 10.1. The number of methoxy groups -OCH3 is 1. The Morgan fingerprint density at radius 2 is 2.09 bits per heavy atom. The Hall–Kier alpha value is -2.28. The van der Waals surface area contributed by atoms with E-state index in [9.17, 15) is 14.4 Å². The van der Waals surface area contributed by atoms with E-state index in [2.05, 4.69) is 0 Å². The zero-order valence-electron chi connectivity index (χ0n) is 13.1. The van der Waals surface area contributed by atoms with Crippen LogP contribution in [-0.2, 0) is 14.3 Å². The maximum absolute atomic E-state index is 12.3. The van der Waals surface area contributed by atoms with Gasteiger partial charge >= 0.3 is 5.97 Å². The van der Waals surface area contributed by atoms with Crippen LogP contribution in [0, 0.1) is 6.92 Å². The number of aryl methyl sites for hydroxylation is 1. The van der Waals surface area contributed by atoms with Crippen molar-refractivity contribution in [3.63, 3.8) is 0 Å². The third-order valence-electron chi connectivity index (χ3n) is 3.18. The number of hydrogen-bond donors (Lipinski definition) is 0. The molecule has 1 fully saturated rings. The van der Waals surface area contributed by atoms with Gasteiger partial charge in [-0.15, -0.1) is 0 Å². The van der Waals surface area contributed by atoms with Gasteiger partial charge in [-0.05, 0) is 54.9 Å². The van der Waals surface area contributed by atoms with Crippen molar-refractivity contribution in [1.29, 1.82) is 0 Å². The summed E-state index contributed by atoms with van der Waals surface area (Å²) in [7, 11) is 1.59. The zero-order valence-corrected chi connectivity index (χ0v) is 13.9. The molecule has 0 saturated carbocycles. The van der Waals surface area contributed by atoms with Gasteiger partial charge in [0, 0.05) is 0 Å². The lowest BCUT2D eigenvalue weighted by molar-refractivity contribution is -0.145. The van der Waals surface area contributed by atoms with Crippen molar-refractivity contribution >= 4 is 35.0 Å². The van der Waals surface area contributed by atoms with Gasteiger partial charge in [-0.1, -0.05) is 6.07 Å². The van der Waals surface area contributed by atoms with Gasteiger partial charge < -0.3 is 9.47 Å². The summed E-state index contributed by atoms with van der Waals surface area (Å²) in [5.74, 6) is -0.338. The molecule has 1 saturated heterocycles. The van der Waals surface area contributed by atoms with Crippen LogP contribution in [0.2, 0.25) is 0 Å². The van der Waals surface area contributed by atoms with E-state index in [1.807, 2.05) is 13.0 Å². The molecule has 0 aliphatic carbocycles. The average Bonchev–Trinajstić information content (AvgIpc) is 2.75. The maximum Gasteiger partial charge on any atom is 0.326 e. The summed E-state index contributed by atoms with van der Waals surface area (Å²) in [5.41, 5.74) is 1.71. The molecule has 2 rings (SSSR count). The van der Waals surface area contributed by atoms with Gasteiger partial charge in [0.25, 0.3) is 11.1 Å². The average molecular weight is 335 g/mol. The largest absolute Gasteiger partial charge is 0.496 e. The summed E-state index contributed by atoms with van der Waals surface area (Å²) in [6, 6.07) is 5.45. The van der Waals surface area contributed by atoms with E-state index in [4.69, 9.17) is 9.47 Å². The molecule has 6 nitrogen and oxygen atoms in total. The highest BCUT2D eigenvalue weighted by Gasteiger charge is 2.36. The highest BCUT2D eigenvalue weighted by molar-refractivity contribution is 8.18. The Morgan fingerprint density at radius 3 is 2.70 bits per heavy atom. The highest BCUT2D eigenvalue weighted by atomic mass is 32.2. The monoisotopic (exact) mass is 335 g/mol. The highest BCUT2D eigenvalue weighted by Crippen LogP contribution is 2.32. The third-order valence-corrected chi connectivity index (χ3v) is 4.09. The van der Waals surface area contributed by atoms with Crippen molar-refractivity contribution in [2.75, 3.05) is 20.3 Å². The van der Waals surface area contributed by atoms with Gasteiger partial charge in [0.1, 0.15) is 12.3 Å². The van der Waals surface area contributed by atoms with Crippen molar-refractivity contribution in [2.24, 2.45) is 0 Å². The van der Waals surface area contributed by atoms with Crippen molar-refractivity contribution in [3.05, 3.63) is 34.2 Å². The van der Waals surface area contributed by atoms with E-state index >= 15 is 0 Å². The number of carbonyl (C=O) groups is 3. The fraction of sp³-hybridized carbons (Fsp3) is 0.312. The number of thioether (sulfide) groups is 1. The molecule has 2 amide bonds. The molecule has 0 spiro atoms. The summed E-state index contributed by atoms with van der Waals surface area (Å²) in [5, 5.41) is -0.473. The minimum absolute atomic E-state index is 0.204. The Balaban J connectivity index is 2.18. The standard InChI is InChI=1S/C16H17NO5S/c1-4-22-14(18)9-17-15(19)13(23-16(17)20)8-11-5-6-12(21-3)10(2)7-11/h5-8H,4,9H2,1-3H3. The third kappa shape index (κ3) is 3.92. The molecule has 1 heterocycles. The van der Waals surface area contributed by atoms with Crippen LogP contribution in [0.15, 0.2) is 23.1 Å². The lowest BCUT2D eigenvalue weighted by Gasteiger charge is -2.10. The van der Waals surface area contributed by atoms with E-state index in [0.717, 1.165) is 33.5 Å². The Labute approximate surface area is 138 Å². The molecule has 1 aromatic carbocycles. The first-order valence-electron chi connectivity index (χ1n) is 7.02. The first-order chi connectivity index (χ1) is 11.0. The molecule has 1 aliphatic heterocycles. The molecule has 0 radical (unpaired) electrons. The Bertz CT molecular complexity index is 683. The maximum atomic E-state index is 12.3. The molecular weight excluding hydrogens is 318 g/mol. The molecule has 0 unspecified atom stereocenters. The second-order valence-corrected chi connectivity index (χ2v) is 5.80. The molecule has 1 aromatic rings. The molecule has 7 heteroatoms.